The van der Waals surface area contributed by atoms with Crippen molar-refractivity contribution >= 4 is 70.5 Å². The van der Waals surface area contributed by atoms with Crippen molar-refractivity contribution in [1.82, 2.24) is 37.2 Å². The standard InChI is InChI=1S/C76H95Cl2N9O24/c1-6-7-8-9-10-11-12-13-14-21-81-76(5)31-54(106-34(4)67(76)97)110-66-64(96)63(95)52(32-88)109-75(66)111-65-50-26-38-27-51(65)108-49-20-17-37(25-43(49)78)62(94)60-73(103)85-58(74(104)105)41-28-39(89)29-47(91)55(41)40-23-35(15-18-46(40)90)56(70(100)87-60)84-71(101)57(38)83-69(99)45(30-53(80)92)82-72(102)59(86-68(98)44(79)22-33(2)3)61(93)36-16-19-48(107-50)42(77)24-36/h15-20,23-29,33-34,44-45,52,54,56-64,66-67,75,81,88-91,93-97H,6-14,21-22,30-32,79H2,1-5H3,(H2,80,92)(H,82,102)(H,83,99)(H,84,101)(H,85,103)(H,86,98)(H,87,100)(H,104,105)/t34-,44+,45-,52+,54-,56+,57+,58-,59+,60-,61+,62+,63+,64-,66+,67+,75-,76-/m0/s1. The second-order valence-corrected chi connectivity index (χ2v) is 30.0. The number of nitrogens with one attached hydrogen (secondary N) is 7. The summed E-state index contributed by atoms with van der Waals surface area (Å²) in [5.41, 5.74) is 8.10. The molecule has 2 fully saturated rings. The molecular formula is C76H95Cl2N9O24. The minimum Gasteiger partial charge on any atom is -0.508 e. The average Bonchev–Trinajstić information content (AvgIpc) is 0.771. The van der Waals surface area contributed by atoms with Crippen molar-refractivity contribution in [2.45, 2.75) is 221 Å². The summed E-state index contributed by atoms with van der Waals surface area (Å²) in [5, 5.41) is 133. The molecule has 111 heavy (non-hydrogen) atoms. The van der Waals surface area contributed by atoms with Gasteiger partial charge in [0.25, 0.3) is 0 Å². The highest BCUT2D eigenvalue weighted by Crippen LogP contribution is 2.50. The maximum Gasteiger partial charge on any atom is 0.330 e. The molecule has 11 bridgehead atoms. The van der Waals surface area contributed by atoms with Gasteiger partial charge in [-0.1, -0.05) is 114 Å². The molecule has 5 aromatic carbocycles. The Hall–Kier alpha value is -9.20. The lowest BCUT2D eigenvalue weighted by Crippen LogP contribution is -2.65. The molecule has 0 spiro atoms. The van der Waals surface area contributed by atoms with Crippen molar-refractivity contribution < 1.29 is 118 Å². The maximum atomic E-state index is 16.1. The Bertz CT molecular complexity index is 4270. The fourth-order valence-electron chi connectivity index (χ4n) is 14.2. The lowest BCUT2D eigenvalue weighted by atomic mass is 9.84. The number of halogens is 2. The maximum absolute atomic E-state index is 16.1. The quantitative estimate of drug-likeness (QED) is 0.0411. The average molecular weight is 1590 g/mol. The van der Waals surface area contributed by atoms with Crippen LogP contribution in [-0.2, 0) is 52.6 Å². The first-order valence-electron chi connectivity index (χ1n) is 36.7. The summed E-state index contributed by atoms with van der Waals surface area (Å²) < 4.78 is 39.3. The summed E-state index contributed by atoms with van der Waals surface area (Å²) >= 11 is 14.2. The molecule has 602 valence electrons. The number of carboxylic acids is 1. The van der Waals surface area contributed by atoms with Crippen molar-refractivity contribution in [3.8, 4) is 57.1 Å². The molecule has 18 atom stereocenters. The first-order chi connectivity index (χ1) is 52.7. The molecule has 21 N–H and O–H groups in total. The van der Waals surface area contributed by atoms with E-state index in [0.29, 0.717) is 6.54 Å². The fraction of sp³-hybridized carbons (Fsp3) is 0.500. The number of aliphatic hydroxyl groups is 6. The smallest absolute Gasteiger partial charge is 0.330 e. The van der Waals surface area contributed by atoms with Gasteiger partial charge in [0.05, 0.1) is 41.3 Å². The fourth-order valence-corrected chi connectivity index (χ4v) is 14.7. The number of hydrogen-bond acceptors (Lipinski definition) is 25. The Labute approximate surface area is 647 Å². The minimum absolute atomic E-state index is 0.0771. The highest BCUT2D eigenvalue weighted by Gasteiger charge is 2.52. The Morgan fingerprint density at radius 3 is 1.87 bits per heavy atom. The lowest BCUT2D eigenvalue weighted by molar-refractivity contribution is -0.334. The number of ether oxygens (including phenoxy) is 6. The highest BCUT2D eigenvalue weighted by atomic mass is 35.5. The van der Waals surface area contributed by atoms with Gasteiger partial charge in [0.1, 0.15) is 89.5 Å². The van der Waals surface area contributed by atoms with Gasteiger partial charge in [-0.15, -0.1) is 0 Å². The SMILES string of the molecule is CCCCCCCCCCCN[C@@]1(C)C[C@H](O[C@H]2[C@H](Oc3c4cc5cc3Oc3ccc(cc3Cl)[C@@H](O)[C@@H](NC(=O)[C@H](N)CC(C)C)C(=O)N[C@@H](CC(N)=O)C(=O)N[C@H]5C(=O)N[C@H]3C(=O)N[C@H](C(=O)N[C@H](C(=O)O)c5cc(O)cc(O)c5-c5cc3ccc5O)[C@H](O)c3ccc(c(Cl)c3)O4)O[C@H](CO)[C@@H](O)[C@@H]2O)O[C@@H](C)[C@H]1O. The first kappa shape index (κ1) is 84.3. The molecule has 5 aromatic rings. The van der Waals surface area contributed by atoms with Gasteiger partial charge in [0.15, 0.2) is 29.9 Å². The van der Waals surface area contributed by atoms with Crippen LogP contribution in [0.2, 0.25) is 10.0 Å². The van der Waals surface area contributed by atoms with Crippen LogP contribution in [-0.4, -0.2) is 190 Å². The summed E-state index contributed by atoms with van der Waals surface area (Å²) in [4.78, 5) is 117. The topological polar surface area (TPSA) is 530 Å². The van der Waals surface area contributed by atoms with E-state index in [-0.39, 0.29) is 52.0 Å². The van der Waals surface area contributed by atoms with Crippen LogP contribution in [0.3, 0.4) is 0 Å². The number of aromatic hydroxyl groups is 3. The van der Waals surface area contributed by atoms with E-state index >= 15 is 14.4 Å². The summed E-state index contributed by atoms with van der Waals surface area (Å²) in [5.74, 6) is -16.1. The number of fused-ring (bicyclic) bond motifs is 15. The normalized spacial score (nSPS) is 27.9. The molecule has 12 rings (SSSR count). The molecule has 0 aliphatic carbocycles. The van der Waals surface area contributed by atoms with Crippen LogP contribution >= 0.6 is 23.2 Å². The van der Waals surface area contributed by atoms with Gasteiger partial charge in [-0.3, -0.25) is 33.6 Å². The molecule has 7 heterocycles. The zero-order valence-corrected chi connectivity index (χ0v) is 62.9. The Kier molecular flexibility index (Phi) is 27.7. The number of phenolic OH excluding ortho intramolecular Hbond substituents is 3. The molecule has 7 aliphatic heterocycles. The number of carbonyl (C=O) groups is 8. The number of aliphatic carboxylic acids is 1. The van der Waals surface area contributed by atoms with E-state index in [1.54, 1.807) is 27.7 Å². The van der Waals surface area contributed by atoms with Gasteiger partial charge in [-0.25, -0.2) is 4.79 Å². The first-order valence-corrected chi connectivity index (χ1v) is 37.4. The Morgan fingerprint density at radius 2 is 1.27 bits per heavy atom. The lowest BCUT2D eigenvalue weighted by Gasteiger charge is -2.48. The number of benzene rings is 5. The Morgan fingerprint density at radius 1 is 0.676 bits per heavy atom. The van der Waals surface area contributed by atoms with Gasteiger partial charge in [-0.2, -0.15) is 0 Å². The van der Waals surface area contributed by atoms with E-state index in [4.69, 9.17) is 63.1 Å². The van der Waals surface area contributed by atoms with E-state index in [9.17, 15) is 75.0 Å². The number of aliphatic hydroxyl groups excluding tert-OH is 6. The highest BCUT2D eigenvalue weighted by molar-refractivity contribution is 6.32. The van der Waals surface area contributed by atoms with Gasteiger partial charge in [-0.05, 0) is 116 Å². The van der Waals surface area contributed by atoms with Crippen LogP contribution in [0.15, 0.2) is 78.9 Å². The van der Waals surface area contributed by atoms with Gasteiger partial charge < -0.3 is 128 Å². The number of amides is 7. The second kappa shape index (κ2) is 36.5. The summed E-state index contributed by atoms with van der Waals surface area (Å²) in [6.45, 7) is 8.61. The van der Waals surface area contributed by atoms with E-state index in [1.165, 1.54) is 31.4 Å². The number of phenols is 3. The number of primary amides is 1. The third-order valence-corrected chi connectivity index (χ3v) is 20.8. The van der Waals surface area contributed by atoms with Crippen molar-refractivity contribution in [3.05, 3.63) is 117 Å². The summed E-state index contributed by atoms with van der Waals surface area (Å²) in [7, 11) is 0. The second-order valence-electron chi connectivity index (χ2n) is 29.1. The molecule has 0 unspecified atom stereocenters. The zero-order chi connectivity index (χ0) is 80.6. The number of carbonyl (C=O) groups excluding carboxylic acids is 7. The van der Waals surface area contributed by atoms with Crippen LogP contribution < -0.4 is 62.9 Å². The van der Waals surface area contributed by atoms with Crippen molar-refractivity contribution in [2.75, 3.05) is 13.2 Å². The number of hydrogen-bond donors (Lipinski definition) is 19. The zero-order valence-electron chi connectivity index (χ0n) is 61.4. The van der Waals surface area contributed by atoms with Gasteiger partial charge in [0, 0.05) is 34.7 Å². The number of unbranched alkanes of at least 4 members (excludes halogenated alkanes) is 8. The van der Waals surface area contributed by atoms with E-state index in [1.807, 2.05) is 0 Å². The van der Waals surface area contributed by atoms with Crippen molar-refractivity contribution in [2.24, 2.45) is 17.4 Å². The van der Waals surface area contributed by atoms with E-state index in [2.05, 4.69) is 44.1 Å². The van der Waals surface area contributed by atoms with Crippen LogP contribution in [0.5, 0.6) is 46.0 Å². The number of rotatable bonds is 23. The molecule has 0 saturated carbocycles. The van der Waals surface area contributed by atoms with Crippen molar-refractivity contribution in [3.63, 3.8) is 0 Å². The molecule has 7 amide bonds. The molecule has 0 radical (unpaired) electrons. The third-order valence-electron chi connectivity index (χ3n) is 20.2. The van der Waals surface area contributed by atoms with E-state index in [0.717, 1.165) is 105 Å². The third kappa shape index (κ3) is 19.6. The summed E-state index contributed by atoms with van der Waals surface area (Å²) in [6, 6.07) is -0.907. The molecule has 7 aliphatic rings. The monoisotopic (exact) mass is 1590 g/mol. The molecule has 0 aromatic heterocycles. The van der Waals surface area contributed by atoms with Crippen LogP contribution in [0.25, 0.3) is 11.1 Å². The largest absolute Gasteiger partial charge is 0.508 e. The summed E-state index contributed by atoms with van der Waals surface area (Å²) in [6.07, 6.45) is -8.65. The predicted octanol–water partition coefficient (Wildman–Crippen LogP) is 4.01. The van der Waals surface area contributed by atoms with Gasteiger partial charge >= 0.3 is 5.97 Å². The van der Waals surface area contributed by atoms with E-state index < -0.39 is 231 Å². The molecular weight excluding hydrogens is 1490 g/mol. The van der Waals surface area contributed by atoms with Crippen LogP contribution in [0.1, 0.15) is 170 Å². The number of nitrogens with two attached hydrogens (primary N) is 2. The molecule has 33 nitrogen and oxygen atoms in total. The number of carboxylic acid groups (broad SMARTS) is 1. The van der Waals surface area contributed by atoms with Crippen LogP contribution in [0.4, 0.5) is 0 Å². The molecule has 35 heteroatoms. The Balaban J connectivity index is 1.17. The van der Waals surface area contributed by atoms with Crippen molar-refractivity contribution in [1.29, 1.82) is 0 Å². The van der Waals surface area contributed by atoms with Gasteiger partial charge in [0.2, 0.25) is 53.4 Å². The minimum atomic E-state index is -2.35. The molecule has 2 saturated heterocycles. The predicted molar refractivity (Wildman–Crippen MR) is 395 cm³/mol. The van der Waals surface area contributed by atoms with Crippen LogP contribution in [0, 0.1) is 5.92 Å².